The summed E-state index contributed by atoms with van der Waals surface area (Å²) in [5.74, 6) is -0.0505. The van der Waals surface area contributed by atoms with Crippen LogP contribution in [0.25, 0.3) is 0 Å². The first-order valence-electron chi connectivity index (χ1n) is 7.85. The van der Waals surface area contributed by atoms with Gasteiger partial charge in [-0.25, -0.2) is 0 Å². The predicted molar refractivity (Wildman–Crippen MR) is 87.1 cm³/mol. The van der Waals surface area contributed by atoms with Gasteiger partial charge in [-0.2, -0.15) is 5.26 Å². The van der Waals surface area contributed by atoms with Crippen molar-refractivity contribution in [1.82, 2.24) is 0 Å². The van der Waals surface area contributed by atoms with Crippen LogP contribution in [0.1, 0.15) is 52.0 Å². The summed E-state index contributed by atoms with van der Waals surface area (Å²) in [6.45, 7) is 8.60. The van der Waals surface area contributed by atoms with Crippen LogP contribution in [0.4, 0.5) is 5.69 Å². The molecule has 0 radical (unpaired) electrons. The van der Waals surface area contributed by atoms with Gasteiger partial charge in [-0.3, -0.25) is 4.79 Å². The third-order valence-corrected chi connectivity index (χ3v) is 3.94. The molecule has 0 heterocycles. The molecule has 114 valence electrons. The van der Waals surface area contributed by atoms with Crippen molar-refractivity contribution in [3.8, 4) is 6.07 Å². The van der Waals surface area contributed by atoms with Crippen LogP contribution in [0, 0.1) is 23.7 Å². The van der Waals surface area contributed by atoms with Crippen LogP contribution >= 0.6 is 0 Å². The van der Waals surface area contributed by atoms with Gasteiger partial charge in [-0.1, -0.05) is 44.9 Å². The second-order valence-corrected chi connectivity index (χ2v) is 5.53. The van der Waals surface area contributed by atoms with Crippen molar-refractivity contribution in [3.63, 3.8) is 0 Å². The van der Waals surface area contributed by atoms with E-state index in [1.807, 2.05) is 52.0 Å². The molecule has 0 unspecified atom stereocenters. The number of carbonyl (C=O) groups is 1. The molecule has 0 saturated carbocycles. The summed E-state index contributed by atoms with van der Waals surface area (Å²) in [5, 5.41) is 9.67. The number of carbonyl (C=O) groups excluding carboxylic acids is 1. The minimum atomic E-state index is -0.887. The van der Waals surface area contributed by atoms with E-state index < -0.39 is 5.41 Å². The zero-order valence-corrected chi connectivity index (χ0v) is 13.6. The van der Waals surface area contributed by atoms with E-state index in [4.69, 9.17) is 0 Å². The topological polar surface area (TPSA) is 44.1 Å². The van der Waals surface area contributed by atoms with E-state index in [2.05, 4.69) is 6.07 Å². The molecule has 0 aromatic heterocycles. The van der Waals surface area contributed by atoms with Crippen molar-refractivity contribution in [2.24, 2.45) is 5.41 Å². The van der Waals surface area contributed by atoms with Gasteiger partial charge in [0.15, 0.2) is 0 Å². The summed E-state index contributed by atoms with van der Waals surface area (Å²) < 4.78 is 0. The van der Waals surface area contributed by atoms with Gasteiger partial charge in [0.25, 0.3) is 0 Å². The lowest BCUT2D eigenvalue weighted by Gasteiger charge is -2.32. The molecule has 1 aromatic carbocycles. The van der Waals surface area contributed by atoms with Crippen LogP contribution < -0.4 is 4.90 Å². The van der Waals surface area contributed by atoms with Gasteiger partial charge < -0.3 is 4.90 Å². The maximum Gasteiger partial charge on any atom is 0.247 e. The second-order valence-electron chi connectivity index (χ2n) is 5.53. The number of nitriles is 1. The molecule has 0 aliphatic rings. The van der Waals surface area contributed by atoms with Gasteiger partial charge in [-0.15, -0.1) is 0 Å². The van der Waals surface area contributed by atoms with Gasteiger partial charge >= 0.3 is 0 Å². The van der Waals surface area contributed by atoms with Gasteiger partial charge in [-0.05, 0) is 38.3 Å². The predicted octanol–water partition coefficient (Wildman–Crippen LogP) is 4.46. The smallest absolute Gasteiger partial charge is 0.247 e. The molecular formula is C18H26N2O. The maximum absolute atomic E-state index is 13.1. The standard InChI is InChI=1S/C18H26N2O/c1-5-12-18(14-19,13-6-2)17(21)20(7-3)16-11-9-8-10-15(16)4/h8-11H,5-7,12-13H2,1-4H3. The molecule has 3 nitrogen and oxygen atoms in total. The lowest BCUT2D eigenvalue weighted by Crippen LogP contribution is -2.44. The number of hydrogen-bond acceptors (Lipinski definition) is 2. The molecule has 0 aliphatic heterocycles. The van der Waals surface area contributed by atoms with Crippen LogP contribution in [0.2, 0.25) is 0 Å². The number of nitrogens with zero attached hydrogens (tertiary/aromatic N) is 2. The minimum Gasteiger partial charge on any atom is -0.311 e. The fourth-order valence-electron chi connectivity index (χ4n) is 2.90. The lowest BCUT2D eigenvalue weighted by molar-refractivity contribution is -0.126. The Hall–Kier alpha value is -1.82. The number of amides is 1. The Labute approximate surface area is 128 Å². The highest BCUT2D eigenvalue weighted by atomic mass is 16.2. The highest BCUT2D eigenvalue weighted by Crippen LogP contribution is 2.34. The Morgan fingerprint density at radius 1 is 1.19 bits per heavy atom. The zero-order valence-electron chi connectivity index (χ0n) is 13.6. The Morgan fingerprint density at radius 2 is 1.76 bits per heavy atom. The molecule has 3 heteroatoms. The molecule has 0 fully saturated rings. The summed E-state index contributed by atoms with van der Waals surface area (Å²) in [6, 6.07) is 10.2. The van der Waals surface area contributed by atoms with E-state index in [9.17, 15) is 10.1 Å². The van der Waals surface area contributed by atoms with Crippen molar-refractivity contribution in [2.45, 2.75) is 53.4 Å². The Balaban J connectivity index is 3.23. The summed E-state index contributed by atoms with van der Waals surface area (Å²) in [4.78, 5) is 14.8. The fourth-order valence-corrected chi connectivity index (χ4v) is 2.90. The van der Waals surface area contributed by atoms with E-state index >= 15 is 0 Å². The first-order valence-corrected chi connectivity index (χ1v) is 7.85. The Morgan fingerprint density at radius 3 is 2.19 bits per heavy atom. The van der Waals surface area contributed by atoms with Crippen LogP contribution in [-0.4, -0.2) is 12.5 Å². The summed E-state index contributed by atoms with van der Waals surface area (Å²) in [7, 11) is 0. The molecule has 1 aromatic rings. The molecule has 21 heavy (non-hydrogen) atoms. The normalized spacial score (nSPS) is 11.0. The number of benzene rings is 1. The third kappa shape index (κ3) is 3.64. The van der Waals surface area contributed by atoms with Crippen molar-refractivity contribution >= 4 is 11.6 Å². The molecule has 0 N–H and O–H groups in total. The van der Waals surface area contributed by atoms with Gasteiger partial charge in [0, 0.05) is 12.2 Å². The summed E-state index contributed by atoms with van der Waals surface area (Å²) >= 11 is 0. The number of rotatable bonds is 7. The van der Waals surface area contributed by atoms with E-state index in [1.165, 1.54) is 0 Å². The average molecular weight is 286 g/mol. The monoisotopic (exact) mass is 286 g/mol. The first kappa shape index (κ1) is 17.2. The average Bonchev–Trinajstić information content (AvgIpc) is 2.49. The highest BCUT2D eigenvalue weighted by Gasteiger charge is 2.40. The van der Waals surface area contributed by atoms with E-state index in [1.54, 1.807) is 4.90 Å². The molecule has 0 bridgehead atoms. The Bertz CT molecular complexity index is 510. The zero-order chi connectivity index (χ0) is 15.9. The van der Waals surface area contributed by atoms with Crippen LogP contribution in [-0.2, 0) is 4.79 Å². The van der Waals surface area contributed by atoms with Gasteiger partial charge in [0.2, 0.25) is 5.91 Å². The van der Waals surface area contributed by atoms with Crippen molar-refractivity contribution in [2.75, 3.05) is 11.4 Å². The number of aryl methyl sites for hydroxylation is 1. The number of anilines is 1. The van der Waals surface area contributed by atoms with E-state index in [0.717, 1.165) is 24.1 Å². The number of para-hydroxylation sites is 1. The second kappa shape index (κ2) is 7.83. The third-order valence-electron chi connectivity index (χ3n) is 3.94. The molecule has 1 rings (SSSR count). The van der Waals surface area contributed by atoms with Crippen LogP contribution in [0.5, 0.6) is 0 Å². The van der Waals surface area contributed by atoms with Gasteiger partial charge in [0.05, 0.1) is 6.07 Å². The molecule has 1 amide bonds. The summed E-state index contributed by atoms with van der Waals surface area (Å²) in [5.41, 5.74) is 1.09. The number of hydrogen-bond donors (Lipinski definition) is 0. The summed E-state index contributed by atoms with van der Waals surface area (Å²) in [6.07, 6.45) is 2.92. The fraction of sp³-hybridized carbons (Fsp3) is 0.556. The highest BCUT2D eigenvalue weighted by molar-refractivity contribution is 5.99. The van der Waals surface area contributed by atoms with Crippen molar-refractivity contribution in [1.29, 1.82) is 5.26 Å². The Kier molecular flexibility index (Phi) is 6.42. The van der Waals surface area contributed by atoms with E-state index in [-0.39, 0.29) is 5.91 Å². The van der Waals surface area contributed by atoms with Crippen LogP contribution in [0.3, 0.4) is 0 Å². The maximum atomic E-state index is 13.1. The largest absolute Gasteiger partial charge is 0.311 e. The SMILES string of the molecule is CCCC(C#N)(CCC)C(=O)N(CC)c1ccccc1C. The minimum absolute atomic E-state index is 0.0505. The molecule has 0 saturated heterocycles. The quantitative estimate of drug-likeness (QED) is 0.743. The van der Waals surface area contributed by atoms with Gasteiger partial charge in [0.1, 0.15) is 5.41 Å². The van der Waals surface area contributed by atoms with Crippen LogP contribution in [0.15, 0.2) is 24.3 Å². The van der Waals surface area contributed by atoms with Crippen molar-refractivity contribution < 1.29 is 4.79 Å². The lowest BCUT2D eigenvalue weighted by atomic mass is 9.79. The molecule has 0 spiro atoms. The van der Waals surface area contributed by atoms with Crippen molar-refractivity contribution in [3.05, 3.63) is 29.8 Å². The van der Waals surface area contributed by atoms with E-state index in [0.29, 0.717) is 19.4 Å². The molecule has 0 aliphatic carbocycles. The first-order chi connectivity index (χ1) is 10.1. The molecule has 0 atom stereocenters. The molecular weight excluding hydrogens is 260 g/mol.